The van der Waals surface area contributed by atoms with Gasteiger partial charge in [-0.25, -0.2) is 4.90 Å². The number of furan rings is 1. The minimum Gasteiger partial charge on any atom is -0.451 e. The van der Waals surface area contributed by atoms with Gasteiger partial charge in [0.2, 0.25) is 0 Å². The van der Waals surface area contributed by atoms with E-state index in [1.165, 1.54) is 0 Å². The Labute approximate surface area is 191 Å². The lowest BCUT2D eigenvalue weighted by atomic mass is 10.1. The molecule has 0 saturated heterocycles. The highest BCUT2D eigenvalue weighted by molar-refractivity contribution is 9.10. The lowest BCUT2D eigenvalue weighted by Crippen LogP contribution is -2.29. The maximum atomic E-state index is 12.7. The topological polar surface area (TPSA) is 79.6 Å². The van der Waals surface area contributed by atoms with Crippen LogP contribution in [-0.2, 0) is 0 Å². The SMILES string of the molecule is O=C(Nc1cccc(N2C(=O)c3ccccc3C2=O)c1)c1ccc(-c2ccc(Br)cc2)o1. The second-order valence-corrected chi connectivity index (χ2v) is 8.08. The van der Waals surface area contributed by atoms with Gasteiger partial charge in [0.05, 0.1) is 16.8 Å². The number of halogens is 1. The summed E-state index contributed by atoms with van der Waals surface area (Å²) in [7, 11) is 0. The Morgan fingerprint density at radius 2 is 1.50 bits per heavy atom. The van der Waals surface area contributed by atoms with Crippen molar-refractivity contribution in [3.05, 3.63) is 106 Å². The highest BCUT2D eigenvalue weighted by atomic mass is 79.9. The van der Waals surface area contributed by atoms with Gasteiger partial charge in [-0.05, 0) is 54.6 Å². The molecule has 6 nitrogen and oxygen atoms in total. The van der Waals surface area contributed by atoms with Gasteiger partial charge in [-0.15, -0.1) is 0 Å². The molecule has 1 aromatic heterocycles. The van der Waals surface area contributed by atoms with Crippen molar-refractivity contribution in [1.29, 1.82) is 0 Å². The minimum atomic E-state index is -0.437. The first-order chi connectivity index (χ1) is 15.5. The van der Waals surface area contributed by atoms with Crippen LogP contribution >= 0.6 is 15.9 Å². The number of amides is 3. The molecule has 1 N–H and O–H groups in total. The van der Waals surface area contributed by atoms with Gasteiger partial charge in [0.1, 0.15) is 5.76 Å². The van der Waals surface area contributed by atoms with Gasteiger partial charge < -0.3 is 9.73 Å². The molecule has 3 amide bonds. The molecular weight excluding hydrogens is 472 g/mol. The number of carbonyl (C=O) groups is 3. The van der Waals surface area contributed by atoms with Crippen LogP contribution in [0.5, 0.6) is 0 Å². The monoisotopic (exact) mass is 486 g/mol. The van der Waals surface area contributed by atoms with Gasteiger partial charge >= 0.3 is 0 Å². The molecule has 5 rings (SSSR count). The molecule has 0 spiro atoms. The fourth-order valence-corrected chi connectivity index (χ4v) is 3.83. The van der Waals surface area contributed by atoms with Crippen LogP contribution < -0.4 is 10.2 Å². The van der Waals surface area contributed by atoms with E-state index in [0.29, 0.717) is 28.3 Å². The van der Waals surface area contributed by atoms with Gasteiger partial charge in [-0.2, -0.15) is 0 Å². The van der Waals surface area contributed by atoms with E-state index in [4.69, 9.17) is 4.42 Å². The number of rotatable bonds is 4. The minimum absolute atomic E-state index is 0.147. The van der Waals surface area contributed by atoms with Crippen molar-refractivity contribution in [1.82, 2.24) is 0 Å². The summed E-state index contributed by atoms with van der Waals surface area (Å²) in [6.45, 7) is 0. The first kappa shape index (κ1) is 20.0. The van der Waals surface area contributed by atoms with E-state index in [1.54, 1.807) is 60.7 Å². The average Bonchev–Trinajstić information content (AvgIpc) is 3.39. The molecule has 0 saturated carbocycles. The quantitative estimate of drug-likeness (QED) is 0.371. The van der Waals surface area contributed by atoms with Crippen LogP contribution in [0.2, 0.25) is 0 Å². The third kappa shape index (κ3) is 3.52. The van der Waals surface area contributed by atoms with Crippen molar-refractivity contribution >= 4 is 45.0 Å². The lowest BCUT2D eigenvalue weighted by molar-refractivity contribution is 0.0925. The lowest BCUT2D eigenvalue weighted by Gasteiger charge is -2.15. The predicted molar refractivity (Wildman–Crippen MR) is 124 cm³/mol. The molecule has 7 heteroatoms. The summed E-state index contributed by atoms with van der Waals surface area (Å²) in [5.74, 6) is -0.497. The van der Waals surface area contributed by atoms with E-state index in [2.05, 4.69) is 21.2 Å². The van der Waals surface area contributed by atoms with Gasteiger partial charge in [-0.1, -0.05) is 46.3 Å². The number of hydrogen-bond acceptors (Lipinski definition) is 4. The molecule has 0 unspecified atom stereocenters. The number of benzene rings is 3. The summed E-state index contributed by atoms with van der Waals surface area (Å²) < 4.78 is 6.65. The second-order valence-electron chi connectivity index (χ2n) is 7.17. The van der Waals surface area contributed by atoms with Gasteiger partial charge in [0.15, 0.2) is 5.76 Å². The Balaban J connectivity index is 1.36. The Hall–Kier alpha value is -3.97. The van der Waals surface area contributed by atoms with Crippen LogP contribution in [0.25, 0.3) is 11.3 Å². The van der Waals surface area contributed by atoms with Crippen LogP contribution in [0.4, 0.5) is 11.4 Å². The van der Waals surface area contributed by atoms with Gasteiger partial charge in [0, 0.05) is 15.7 Å². The first-order valence-electron chi connectivity index (χ1n) is 9.76. The molecule has 3 aromatic carbocycles. The zero-order valence-corrected chi connectivity index (χ0v) is 18.1. The number of nitrogens with one attached hydrogen (secondary N) is 1. The van der Waals surface area contributed by atoms with Crippen molar-refractivity contribution in [2.75, 3.05) is 10.2 Å². The summed E-state index contributed by atoms with van der Waals surface area (Å²) in [5, 5.41) is 2.76. The Morgan fingerprint density at radius 3 is 2.19 bits per heavy atom. The standard InChI is InChI=1S/C25H15BrN2O4/c26-16-10-8-15(9-11-16)21-12-13-22(32-21)23(29)27-17-4-3-5-18(14-17)28-24(30)19-6-1-2-7-20(19)25(28)31/h1-14H,(H,27,29). The maximum absolute atomic E-state index is 12.7. The van der Waals surface area contributed by atoms with E-state index in [0.717, 1.165) is 14.9 Å². The van der Waals surface area contributed by atoms with Crippen LogP contribution in [0.1, 0.15) is 31.3 Å². The van der Waals surface area contributed by atoms with Crippen LogP contribution in [0.15, 0.2) is 93.8 Å². The predicted octanol–water partition coefficient (Wildman–Crippen LogP) is 5.76. The number of anilines is 2. The van der Waals surface area contributed by atoms with Gasteiger partial charge in [0.25, 0.3) is 17.7 Å². The number of hydrogen-bond donors (Lipinski definition) is 1. The third-order valence-electron chi connectivity index (χ3n) is 5.11. The number of nitrogens with zero attached hydrogens (tertiary/aromatic N) is 1. The molecule has 32 heavy (non-hydrogen) atoms. The second kappa shape index (κ2) is 7.94. The first-order valence-corrected chi connectivity index (χ1v) is 10.6. The maximum Gasteiger partial charge on any atom is 0.291 e. The molecule has 2 heterocycles. The van der Waals surface area contributed by atoms with E-state index in [9.17, 15) is 14.4 Å². The van der Waals surface area contributed by atoms with E-state index < -0.39 is 5.91 Å². The Kier molecular flexibility index (Phi) is 4.95. The average molecular weight is 487 g/mol. The van der Waals surface area contributed by atoms with Crippen LogP contribution in [0, 0.1) is 0 Å². The zero-order valence-electron chi connectivity index (χ0n) is 16.5. The van der Waals surface area contributed by atoms with Crippen LogP contribution in [-0.4, -0.2) is 17.7 Å². The molecule has 4 aromatic rings. The molecule has 1 aliphatic rings. The summed E-state index contributed by atoms with van der Waals surface area (Å²) >= 11 is 3.39. The van der Waals surface area contributed by atoms with E-state index >= 15 is 0 Å². The fraction of sp³-hybridized carbons (Fsp3) is 0. The molecule has 0 bridgehead atoms. The van der Waals surface area contributed by atoms with Crippen molar-refractivity contribution in [3.8, 4) is 11.3 Å². The van der Waals surface area contributed by atoms with E-state index in [1.807, 2.05) is 24.3 Å². The summed E-state index contributed by atoms with van der Waals surface area (Å²) in [6.07, 6.45) is 0. The molecule has 0 aliphatic carbocycles. The molecule has 1 aliphatic heterocycles. The highest BCUT2D eigenvalue weighted by Gasteiger charge is 2.36. The van der Waals surface area contributed by atoms with Crippen molar-refractivity contribution in [2.45, 2.75) is 0 Å². The molecular formula is C25H15BrN2O4. The van der Waals surface area contributed by atoms with Crippen LogP contribution in [0.3, 0.4) is 0 Å². The smallest absolute Gasteiger partial charge is 0.291 e. The normalized spacial score (nSPS) is 12.7. The van der Waals surface area contributed by atoms with Crippen molar-refractivity contribution in [3.63, 3.8) is 0 Å². The van der Waals surface area contributed by atoms with Crippen molar-refractivity contribution in [2.24, 2.45) is 0 Å². The summed E-state index contributed by atoms with van der Waals surface area (Å²) in [6, 6.07) is 24.1. The van der Waals surface area contributed by atoms with E-state index in [-0.39, 0.29) is 17.6 Å². The van der Waals surface area contributed by atoms with Gasteiger partial charge in [-0.3, -0.25) is 14.4 Å². The Morgan fingerprint density at radius 1 is 0.812 bits per heavy atom. The summed E-state index contributed by atoms with van der Waals surface area (Å²) in [5.41, 5.74) is 2.39. The number of fused-ring (bicyclic) bond motifs is 1. The molecule has 0 fully saturated rings. The molecule has 0 radical (unpaired) electrons. The molecule has 156 valence electrons. The number of imide groups is 1. The Bertz CT molecular complexity index is 1340. The van der Waals surface area contributed by atoms with Crippen molar-refractivity contribution < 1.29 is 18.8 Å². The highest BCUT2D eigenvalue weighted by Crippen LogP contribution is 2.30. The number of carbonyl (C=O) groups excluding carboxylic acids is 3. The fourth-order valence-electron chi connectivity index (χ4n) is 3.57. The molecule has 0 atom stereocenters. The third-order valence-corrected chi connectivity index (χ3v) is 5.64. The largest absolute Gasteiger partial charge is 0.451 e. The zero-order chi connectivity index (χ0) is 22.2. The summed E-state index contributed by atoms with van der Waals surface area (Å²) in [4.78, 5) is 39.2.